The van der Waals surface area contributed by atoms with Gasteiger partial charge in [0.1, 0.15) is 0 Å². The summed E-state index contributed by atoms with van der Waals surface area (Å²) in [7, 11) is 1.65. The summed E-state index contributed by atoms with van der Waals surface area (Å²) in [5.41, 5.74) is 3.26. The van der Waals surface area contributed by atoms with Crippen molar-refractivity contribution in [1.29, 1.82) is 0 Å². The first-order chi connectivity index (χ1) is 7.19. The van der Waals surface area contributed by atoms with E-state index in [0.717, 1.165) is 23.7 Å². The molecule has 1 rings (SSSR count). The molecule has 1 aromatic rings. The number of rotatable bonds is 4. The number of hydrogen-bond donors (Lipinski definition) is 1. The van der Waals surface area contributed by atoms with E-state index >= 15 is 0 Å². The molecule has 15 heavy (non-hydrogen) atoms. The number of carbonyl (C=O) groups excluding carboxylic acids is 1. The first kappa shape index (κ1) is 12.2. The molecule has 0 aliphatic heterocycles. The van der Waals surface area contributed by atoms with Gasteiger partial charge in [-0.1, -0.05) is 22.0 Å². The van der Waals surface area contributed by atoms with E-state index in [9.17, 15) is 4.79 Å². The molecule has 0 saturated heterocycles. The summed E-state index contributed by atoms with van der Waals surface area (Å²) in [4.78, 5) is 11.4. The van der Waals surface area contributed by atoms with E-state index in [4.69, 9.17) is 0 Å². The number of carbonyl (C=O) groups is 1. The molecular formula is C12H16BrNO. The second-order valence-corrected chi connectivity index (χ2v) is 4.31. The zero-order valence-corrected chi connectivity index (χ0v) is 10.7. The minimum absolute atomic E-state index is 0.0184. The summed E-state index contributed by atoms with van der Waals surface area (Å²) in [6.07, 6.45) is 2.11. The molecule has 0 aromatic heterocycles. The van der Waals surface area contributed by atoms with Crippen LogP contribution in [0.3, 0.4) is 0 Å². The van der Waals surface area contributed by atoms with Gasteiger partial charge in [0.25, 0.3) is 5.91 Å². The fourth-order valence-electron chi connectivity index (χ4n) is 1.48. The normalized spacial score (nSPS) is 10.1. The van der Waals surface area contributed by atoms with Crippen molar-refractivity contribution in [3.8, 4) is 0 Å². The highest BCUT2D eigenvalue weighted by Gasteiger charge is 2.05. The van der Waals surface area contributed by atoms with Gasteiger partial charge in [0.15, 0.2) is 0 Å². The van der Waals surface area contributed by atoms with Crippen LogP contribution in [0.5, 0.6) is 0 Å². The number of nitrogens with one attached hydrogen (secondary N) is 1. The van der Waals surface area contributed by atoms with E-state index in [1.807, 2.05) is 18.2 Å². The predicted octanol–water partition coefficient (Wildman–Crippen LogP) is 2.68. The Morgan fingerprint density at radius 3 is 2.80 bits per heavy atom. The minimum atomic E-state index is -0.0184. The molecule has 0 spiro atoms. The Hall–Kier alpha value is -0.830. The lowest BCUT2D eigenvalue weighted by Crippen LogP contribution is -2.18. The average Bonchev–Trinajstić information content (AvgIpc) is 2.27. The Morgan fingerprint density at radius 1 is 1.47 bits per heavy atom. The number of aryl methyl sites for hydroxylation is 2. The lowest BCUT2D eigenvalue weighted by atomic mass is 10.0. The van der Waals surface area contributed by atoms with Crippen LogP contribution in [-0.4, -0.2) is 18.3 Å². The number of alkyl halides is 1. The molecule has 0 atom stereocenters. The molecule has 0 aliphatic carbocycles. The van der Waals surface area contributed by atoms with Crippen molar-refractivity contribution in [2.75, 3.05) is 12.4 Å². The predicted molar refractivity (Wildman–Crippen MR) is 66.7 cm³/mol. The van der Waals surface area contributed by atoms with E-state index in [2.05, 4.69) is 28.2 Å². The van der Waals surface area contributed by atoms with Crippen molar-refractivity contribution in [3.63, 3.8) is 0 Å². The van der Waals surface area contributed by atoms with Gasteiger partial charge in [-0.3, -0.25) is 4.79 Å². The number of benzene rings is 1. The molecule has 1 aromatic carbocycles. The molecule has 0 aliphatic rings. The second kappa shape index (κ2) is 5.91. The summed E-state index contributed by atoms with van der Waals surface area (Å²) >= 11 is 3.41. The lowest BCUT2D eigenvalue weighted by Gasteiger charge is -2.07. The van der Waals surface area contributed by atoms with Gasteiger partial charge in [-0.2, -0.15) is 0 Å². The summed E-state index contributed by atoms with van der Waals surface area (Å²) in [5.74, 6) is -0.0184. The van der Waals surface area contributed by atoms with Crippen molar-refractivity contribution >= 4 is 21.8 Å². The summed E-state index contributed by atoms with van der Waals surface area (Å²) in [5, 5.41) is 3.63. The molecule has 1 amide bonds. The van der Waals surface area contributed by atoms with E-state index in [-0.39, 0.29) is 5.91 Å². The smallest absolute Gasteiger partial charge is 0.251 e. The van der Waals surface area contributed by atoms with Crippen molar-refractivity contribution in [2.24, 2.45) is 0 Å². The Balaban J connectivity index is 2.89. The van der Waals surface area contributed by atoms with Gasteiger partial charge in [0, 0.05) is 17.9 Å². The van der Waals surface area contributed by atoms with Crippen LogP contribution < -0.4 is 5.32 Å². The second-order valence-electron chi connectivity index (χ2n) is 3.51. The highest BCUT2D eigenvalue weighted by molar-refractivity contribution is 9.09. The molecule has 0 heterocycles. The molecular weight excluding hydrogens is 254 g/mol. The van der Waals surface area contributed by atoms with Crippen LogP contribution in [0, 0.1) is 6.92 Å². The summed E-state index contributed by atoms with van der Waals surface area (Å²) < 4.78 is 0. The zero-order chi connectivity index (χ0) is 11.3. The van der Waals surface area contributed by atoms with E-state index in [1.165, 1.54) is 11.1 Å². The molecule has 0 bridgehead atoms. The number of hydrogen-bond acceptors (Lipinski definition) is 1. The monoisotopic (exact) mass is 269 g/mol. The summed E-state index contributed by atoms with van der Waals surface area (Å²) in [6.45, 7) is 2.08. The van der Waals surface area contributed by atoms with Crippen molar-refractivity contribution in [2.45, 2.75) is 19.8 Å². The van der Waals surface area contributed by atoms with Crippen LogP contribution in [0.25, 0.3) is 0 Å². The maximum Gasteiger partial charge on any atom is 0.251 e. The van der Waals surface area contributed by atoms with Crippen molar-refractivity contribution in [3.05, 3.63) is 34.9 Å². The third-order valence-electron chi connectivity index (χ3n) is 2.42. The maximum atomic E-state index is 11.4. The van der Waals surface area contributed by atoms with E-state index < -0.39 is 0 Å². The quantitative estimate of drug-likeness (QED) is 0.837. The fourth-order valence-corrected chi connectivity index (χ4v) is 1.76. The van der Waals surface area contributed by atoms with Crippen molar-refractivity contribution in [1.82, 2.24) is 5.32 Å². The van der Waals surface area contributed by atoms with Gasteiger partial charge >= 0.3 is 0 Å². The Labute approximate surface area is 99.2 Å². The van der Waals surface area contributed by atoms with E-state index in [0.29, 0.717) is 0 Å². The van der Waals surface area contributed by atoms with Gasteiger partial charge in [-0.15, -0.1) is 0 Å². The van der Waals surface area contributed by atoms with Crippen LogP contribution >= 0.6 is 15.9 Å². The third kappa shape index (κ3) is 3.34. The average molecular weight is 270 g/mol. The van der Waals surface area contributed by atoms with E-state index in [1.54, 1.807) is 7.05 Å². The number of halogens is 1. The molecule has 0 radical (unpaired) electrons. The molecule has 82 valence electrons. The summed E-state index contributed by atoms with van der Waals surface area (Å²) in [6, 6.07) is 5.86. The molecule has 0 fully saturated rings. The number of amides is 1. The third-order valence-corrected chi connectivity index (χ3v) is 2.98. The zero-order valence-electron chi connectivity index (χ0n) is 9.14. The molecule has 3 heteroatoms. The van der Waals surface area contributed by atoms with Crippen LogP contribution in [0.2, 0.25) is 0 Å². The fraction of sp³-hybridized carbons (Fsp3) is 0.417. The van der Waals surface area contributed by atoms with Crippen LogP contribution in [-0.2, 0) is 6.42 Å². The SMILES string of the molecule is CNC(=O)c1ccc(C)c(CCCBr)c1. The van der Waals surface area contributed by atoms with Crippen LogP contribution in [0.15, 0.2) is 18.2 Å². The van der Waals surface area contributed by atoms with Gasteiger partial charge in [-0.25, -0.2) is 0 Å². The highest BCUT2D eigenvalue weighted by Crippen LogP contribution is 2.13. The standard InChI is InChI=1S/C12H16BrNO/c1-9-5-6-11(12(15)14-2)8-10(9)4-3-7-13/h5-6,8H,3-4,7H2,1-2H3,(H,14,15). The Morgan fingerprint density at radius 2 is 2.20 bits per heavy atom. The Kier molecular flexibility index (Phi) is 4.82. The first-order valence-electron chi connectivity index (χ1n) is 5.06. The van der Waals surface area contributed by atoms with Crippen LogP contribution in [0.1, 0.15) is 27.9 Å². The lowest BCUT2D eigenvalue weighted by molar-refractivity contribution is 0.0963. The largest absolute Gasteiger partial charge is 0.355 e. The van der Waals surface area contributed by atoms with Crippen LogP contribution in [0.4, 0.5) is 0 Å². The van der Waals surface area contributed by atoms with Crippen molar-refractivity contribution < 1.29 is 4.79 Å². The van der Waals surface area contributed by atoms with Gasteiger partial charge in [0.2, 0.25) is 0 Å². The minimum Gasteiger partial charge on any atom is -0.355 e. The highest BCUT2D eigenvalue weighted by atomic mass is 79.9. The molecule has 2 nitrogen and oxygen atoms in total. The first-order valence-corrected chi connectivity index (χ1v) is 6.18. The van der Waals surface area contributed by atoms with Gasteiger partial charge < -0.3 is 5.32 Å². The van der Waals surface area contributed by atoms with Gasteiger partial charge in [-0.05, 0) is 43.0 Å². The Bertz CT molecular complexity index is 349. The molecule has 0 saturated carbocycles. The molecule has 0 unspecified atom stereocenters. The van der Waals surface area contributed by atoms with Gasteiger partial charge in [0.05, 0.1) is 0 Å². The molecule has 1 N–H and O–H groups in total. The topological polar surface area (TPSA) is 29.1 Å². The maximum absolute atomic E-state index is 11.4.